The Morgan fingerprint density at radius 2 is 1.58 bits per heavy atom. The Hall–Kier alpha value is -3.58. The first-order valence-corrected chi connectivity index (χ1v) is 11.7. The predicted octanol–water partition coefficient (Wildman–Crippen LogP) is 5.35. The third-order valence-electron chi connectivity index (χ3n) is 5.29. The maximum Gasteiger partial charge on any atom is 0.234 e. The van der Waals surface area contributed by atoms with Crippen LogP contribution in [0.4, 0.5) is 5.69 Å². The Balaban J connectivity index is 1.43. The van der Waals surface area contributed by atoms with E-state index in [1.807, 2.05) is 66.7 Å². The van der Waals surface area contributed by atoms with Crippen LogP contribution in [0.25, 0.3) is 22.5 Å². The number of para-hydroxylation sites is 1. The van der Waals surface area contributed by atoms with E-state index in [1.54, 1.807) is 0 Å². The minimum Gasteiger partial charge on any atom is -0.335 e. The van der Waals surface area contributed by atoms with Crippen molar-refractivity contribution >= 4 is 23.4 Å². The van der Waals surface area contributed by atoms with Gasteiger partial charge in [-0.25, -0.2) is 4.68 Å². The molecule has 1 heterocycles. The first-order chi connectivity index (χ1) is 15.8. The molecule has 4 rings (SSSR count). The smallest absolute Gasteiger partial charge is 0.234 e. The quantitative estimate of drug-likeness (QED) is 0.301. The van der Waals surface area contributed by atoms with Crippen molar-refractivity contribution in [2.45, 2.75) is 31.3 Å². The monoisotopic (exact) mass is 457 g/mol. The molecule has 1 aromatic heterocycles. The molecule has 7 heteroatoms. The minimum absolute atomic E-state index is 0.0718. The summed E-state index contributed by atoms with van der Waals surface area (Å²) in [7, 11) is 0. The molecule has 0 bridgehead atoms. The van der Waals surface area contributed by atoms with Crippen molar-refractivity contribution in [3.8, 4) is 22.5 Å². The number of hydrogen-bond donors (Lipinski definition) is 2. The number of anilines is 1. The van der Waals surface area contributed by atoms with Gasteiger partial charge in [0.05, 0.1) is 5.75 Å². The summed E-state index contributed by atoms with van der Waals surface area (Å²) in [6, 6.07) is 25.9. The summed E-state index contributed by atoms with van der Waals surface area (Å²) in [6.45, 7) is 6.52. The van der Waals surface area contributed by atoms with Gasteiger partial charge in [-0.2, -0.15) is 0 Å². The average molecular weight is 458 g/mol. The van der Waals surface area contributed by atoms with E-state index in [1.165, 1.54) is 22.0 Å². The highest BCUT2D eigenvalue weighted by molar-refractivity contribution is 7.99. The molecule has 0 aliphatic carbocycles. The molecule has 0 aliphatic rings. The predicted molar refractivity (Wildman–Crippen MR) is 136 cm³/mol. The Kier molecular flexibility index (Phi) is 6.51. The third kappa shape index (κ3) is 5.26. The van der Waals surface area contributed by atoms with E-state index in [4.69, 9.17) is 5.84 Å². The standard InChI is InChI=1S/C26H27N5OS/c1-26(2,3)20-15-13-19(14-16-20)24-29-30-25(31(24)27)33-17-23(32)28-22-12-8-7-11-21(22)18-9-5-4-6-10-18/h4-16H,17,27H2,1-3H3,(H,28,32). The first kappa shape index (κ1) is 22.6. The van der Waals surface area contributed by atoms with Crippen LogP contribution in [0.1, 0.15) is 26.3 Å². The summed E-state index contributed by atoms with van der Waals surface area (Å²) in [5.41, 5.74) is 4.97. The van der Waals surface area contributed by atoms with E-state index in [9.17, 15) is 4.79 Å². The number of nitrogens with two attached hydrogens (primary N) is 1. The van der Waals surface area contributed by atoms with Crippen LogP contribution in [0.15, 0.2) is 84.0 Å². The number of amides is 1. The van der Waals surface area contributed by atoms with E-state index >= 15 is 0 Å². The van der Waals surface area contributed by atoms with Crippen LogP contribution >= 0.6 is 11.8 Å². The molecule has 1 amide bonds. The number of carbonyl (C=O) groups excluding carboxylic acids is 1. The number of benzene rings is 3. The molecule has 0 spiro atoms. The second-order valence-electron chi connectivity index (χ2n) is 8.75. The van der Waals surface area contributed by atoms with Gasteiger partial charge in [-0.3, -0.25) is 4.79 Å². The topological polar surface area (TPSA) is 85.8 Å². The second-order valence-corrected chi connectivity index (χ2v) is 9.69. The normalized spacial score (nSPS) is 11.4. The minimum atomic E-state index is -0.137. The number of hydrogen-bond acceptors (Lipinski definition) is 5. The molecular weight excluding hydrogens is 430 g/mol. The van der Waals surface area contributed by atoms with E-state index in [0.717, 1.165) is 22.4 Å². The molecular formula is C26H27N5OS. The van der Waals surface area contributed by atoms with Crippen molar-refractivity contribution in [3.05, 3.63) is 84.4 Å². The fourth-order valence-corrected chi connectivity index (χ4v) is 4.13. The number of nitrogens with zero attached hydrogens (tertiary/aromatic N) is 3. The van der Waals surface area contributed by atoms with E-state index in [-0.39, 0.29) is 17.1 Å². The summed E-state index contributed by atoms with van der Waals surface area (Å²) >= 11 is 1.25. The maximum absolute atomic E-state index is 12.7. The summed E-state index contributed by atoms with van der Waals surface area (Å²) in [6.07, 6.45) is 0. The Morgan fingerprint density at radius 3 is 2.27 bits per heavy atom. The van der Waals surface area contributed by atoms with Crippen molar-refractivity contribution in [2.24, 2.45) is 0 Å². The van der Waals surface area contributed by atoms with Crippen LogP contribution in [0, 0.1) is 0 Å². The Labute approximate surface area is 198 Å². The zero-order chi connectivity index (χ0) is 23.4. The van der Waals surface area contributed by atoms with Gasteiger partial charge in [-0.1, -0.05) is 105 Å². The van der Waals surface area contributed by atoms with E-state index in [2.05, 4.69) is 48.4 Å². The van der Waals surface area contributed by atoms with Gasteiger partial charge in [-0.05, 0) is 22.6 Å². The van der Waals surface area contributed by atoms with Gasteiger partial charge < -0.3 is 11.2 Å². The fourth-order valence-electron chi connectivity index (χ4n) is 3.47. The van der Waals surface area contributed by atoms with E-state index in [0.29, 0.717) is 11.0 Å². The molecule has 0 fully saturated rings. The van der Waals surface area contributed by atoms with Gasteiger partial charge in [0.25, 0.3) is 0 Å². The molecule has 0 saturated carbocycles. The van der Waals surface area contributed by atoms with Gasteiger partial charge in [-0.15, -0.1) is 10.2 Å². The highest BCUT2D eigenvalue weighted by atomic mass is 32.2. The molecule has 168 valence electrons. The average Bonchev–Trinajstić information content (AvgIpc) is 3.18. The fraction of sp³-hybridized carbons (Fsp3) is 0.192. The molecule has 33 heavy (non-hydrogen) atoms. The lowest BCUT2D eigenvalue weighted by Gasteiger charge is -2.19. The van der Waals surface area contributed by atoms with Crippen molar-refractivity contribution in [2.75, 3.05) is 16.9 Å². The van der Waals surface area contributed by atoms with Gasteiger partial charge in [0, 0.05) is 16.8 Å². The highest BCUT2D eigenvalue weighted by Gasteiger charge is 2.17. The number of thioether (sulfide) groups is 1. The largest absolute Gasteiger partial charge is 0.335 e. The van der Waals surface area contributed by atoms with Crippen molar-refractivity contribution in [3.63, 3.8) is 0 Å². The van der Waals surface area contributed by atoms with Gasteiger partial charge >= 0.3 is 0 Å². The molecule has 0 atom stereocenters. The number of aromatic nitrogens is 3. The Morgan fingerprint density at radius 1 is 0.909 bits per heavy atom. The number of nitrogen functional groups attached to an aromatic ring is 1. The van der Waals surface area contributed by atoms with Crippen LogP contribution in [-0.4, -0.2) is 26.5 Å². The lowest BCUT2D eigenvalue weighted by Crippen LogP contribution is -2.17. The van der Waals surface area contributed by atoms with Crippen molar-refractivity contribution in [1.29, 1.82) is 0 Å². The van der Waals surface area contributed by atoms with Crippen LogP contribution in [0.2, 0.25) is 0 Å². The summed E-state index contributed by atoms with van der Waals surface area (Å²) in [5.74, 6) is 6.83. The molecule has 0 saturated heterocycles. The van der Waals surface area contributed by atoms with Gasteiger partial charge in [0.15, 0.2) is 5.82 Å². The third-order valence-corrected chi connectivity index (χ3v) is 6.24. The zero-order valence-electron chi connectivity index (χ0n) is 18.9. The Bertz CT molecular complexity index is 1240. The summed E-state index contributed by atoms with van der Waals surface area (Å²) in [5, 5.41) is 11.9. The van der Waals surface area contributed by atoms with E-state index < -0.39 is 0 Å². The summed E-state index contributed by atoms with van der Waals surface area (Å²) < 4.78 is 1.43. The van der Waals surface area contributed by atoms with Crippen LogP contribution < -0.4 is 11.2 Å². The summed E-state index contributed by atoms with van der Waals surface area (Å²) in [4.78, 5) is 12.7. The second kappa shape index (κ2) is 9.50. The first-order valence-electron chi connectivity index (χ1n) is 10.7. The molecule has 4 aromatic rings. The molecule has 6 nitrogen and oxygen atoms in total. The lowest BCUT2D eigenvalue weighted by molar-refractivity contribution is -0.113. The molecule has 3 aromatic carbocycles. The lowest BCUT2D eigenvalue weighted by atomic mass is 9.87. The van der Waals surface area contributed by atoms with Gasteiger partial charge in [0.1, 0.15) is 0 Å². The highest BCUT2D eigenvalue weighted by Crippen LogP contribution is 2.29. The number of carbonyl (C=O) groups is 1. The maximum atomic E-state index is 12.7. The molecule has 0 unspecified atom stereocenters. The van der Waals surface area contributed by atoms with Crippen molar-refractivity contribution < 1.29 is 4.79 Å². The SMILES string of the molecule is CC(C)(C)c1ccc(-c2nnc(SCC(=O)Nc3ccccc3-c3ccccc3)n2N)cc1. The molecule has 0 radical (unpaired) electrons. The molecule has 3 N–H and O–H groups in total. The number of rotatable bonds is 6. The van der Waals surface area contributed by atoms with Crippen LogP contribution in [-0.2, 0) is 10.2 Å². The zero-order valence-corrected chi connectivity index (χ0v) is 19.8. The van der Waals surface area contributed by atoms with Crippen LogP contribution in [0.5, 0.6) is 0 Å². The number of nitrogens with one attached hydrogen (secondary N) is 1. The van der Waals surface area contributed by atoms with Crippen LogP contribution in [0.3, 0.4) is 0 Å². The van der Waals surface area contributed by atoms with Crippen molar-refractivity contribution in [1.82, 2.24) is 14.9 Å². The van der Waals surface area contributed by atoms with Gasteiger partial charge in [0.2, 0.25) is 11.1 Å². The molecule has 0 aliphatic heterocycles.